The van der Waals surface area contributed by atoms with Crippen LogP contribution in [0.3, 0.4) is 0 Å². The lowest BCUT2D eigenvalue weighted by Crippen LogP contribution is -2.67. The van der Waals surface area contributed by atoms with Crippen molar-refractivity contribution in [3.63, 3.8) is 0 Å². The van der Waals surface area contributed by atoms with Crippen molar-refractivity contribution in [2.24, 2.45) is 5.41 Å². The van der Waals surface area contributed by atoms with E-state index in [9.17, 15) is 9.59 Å². The van der Waals surface area contributed by atoms with Crippen molar-refractivity contribution >= 4 is 5.91 Å². The molecular formula is C22H19N5O3. The molecule has 1 N–H and O–H groups in total. The molecule has 2 aliphatic rings. The molecule has 2 fully saturated rings. The van der Waals surface area contributed by atoms with Crippen molar-refractivity contribution in [3.05, 3.63) is 69.8 Å². The molecule has 150 valence electrons. The first kappa shape index (κ1) is 18.3. The molecule has 2 aliphatic heterocycles. The molecule has 8 nitrogen and oxygen atoms in total. The lowest BCUT2D eigenvalue weighted by Gasteiger charge is -2.54. The summed E-state index contributed by atoms with van der Waals surface area (Å²) in [6.45, 7) is 4.75. The van der Waals surface area contributed by atoms with Gasteiger partial charge >= 0.3 is 0 Å². The number of aromatic nitrogens is 3. The van der Waals surface area contributed by atoms with Crippen LogP contribution >= 0.6 is 0 Å². The van der Waals surface area contributed by atoms with Crippen LogP contribution in [0.2, 0.25) is 0 Å². The highest BCUT2D eigenvalue weighted by molar-refractivity contribution is 5.94. The topological polar surface area (TPSA) is 104 Å². The van der Waals surface area contributed by atoms with Crippen LogP contribution < -0.4 is 5.56 Å². The maximum atomic E-state index is 12.9. The normalized spacial score (nSPS) is 16.6. The molecule has 5 rings (SSSR count). The summed E-state index contributed by atoms with van der Waals surface area (Å²) in [6.07, 6.45) is 3.12. The minimum atomic E-state index is -0.246. The number of nitrogens with one attached hydrogen (secondary N) is 1. The molecule has 3 aromatic rings. The number of nitrogens with zero attached hydrogens (tertiary/aromatic N) is 4. The van der Waals surface area contributed by atoms with Crippen molar-refractivity contribution in [2.75, 3.05) is 26.3 Å². The van der Waals surface area contributed by atoms with E-state index in [1.165, 1.54) is 10.9 Å². The van der Waals surface area contributed by atoms with E-state index < -0.39 is 0 Å². The van der Waals surface area contributed by atoms with E-state index >= 15 is 0 Å². The van der Waals surface area contributed by atoms with Crippen LogP contribution in [0.1, 0.15) is 21.5 Å². The van der Waals surface area contributed by atoms with Gasteiger partial charge in [0.05, 0.1) is 41.4 Å². The Balaban J connectivity index is 1.37. The van der Waals surface area contributed by atoms with E-state index in [2.05, 4.69) is 16.2 Å². The molecule has 30 heavy (non-hydrogen) atoms. The number of nitriles is 1. The van der Waals surface area contributed by atoms with Gasteiger partial charge in [-0.15, -0.1) is 0 Å². The van der Waals surface area contributed by atoms with Crippen molar-refractivity contribution in [1.29, 1.82) is 5.26 Å². The van der Waals surface area contributed by atoms with Gasteiger partial charge in [0.25, 0.3) is 11.5 Å². The minimum Gasteiger partial charge on any atom is -0.380 e. The second-order valence-electron chi connectivity index (χ2n) is 8.03. The molecule has 0 aliphatic carbocycles. The van der Waals surface area contributed by atoms with Crippen LogP contribution in [0, 0.1) is 23.7 Å². The number of H-pyrrole nitrogens is 1. The van der Waals surface area contributed by atoms with Crippen LogP contribution in [-0.4, -0.2) is 51.9 Å². The Morgan fingerprint density at radius 2 is 2.03 bits per heavy atom. The Kier molecular flexibility index (Phi) is 4.08. The zero-order valence-electron chi connectivity index (χ0n) is 16.4. The van der Waals surface area contributed by atoms with Gasteiger partial charge in [0, 0.05) is 25.5 Å². The van der Waals surface area contributed by atoms with Gasteiger partial charge in [0.15, 0.2) is 5.82 Å². The molecule has 2 saturated heterocycles. The molecule has 8 heteroatoms. The Morgan fingerprint density at radius 1 is 1.23 bits per heavy atom. The zero-order chi connectivity index (χ0) is 20.9. The summed E-state index contributed by atoms with van der Waals surface area (Å²) in [5.74, 6) is 0.348. The number of carbonyl (C=O) groups excluding carboxylic acids is 1. The molecule has 1 amide bonds. The Hall–Kier alpha value is -3.70. The molecule has 2 aromatic heterocycles. The van der Waals surface area contributed by atoms with Crippen molar-refractivity contribution in [2.45, 2.75) is 6.92 Å². The number of benzene rings is 1. The minimum absolute atomic E-state index is 0.0562. The maximum absolute atomic E-state index is 12.9. The van der Waals surface area contributed by atoms with Crippen LogP contribution in [-0.2, 0) is 4.74 Å². The van der Waals surface area contributed by atoms with Crippen molar-refractivity contribution < 1.29 is 9.53 Å². The first-order valence-corrected chi connectivity index (χ1v) is 9.65. The van der Waals surface area contributed by atoms with Gasteiger partial charge in [0.2, 0.25) is 0 Å². The second kappa shape index (κ2) is 6.68. The third kappa shape index (κ3) is 2.83. The van der Waals surface area contributed by atoms with E-state index in [0.717, 1.165) is 37.4 Å². The van der Waals surface area contributed by atoms with Gasteiger partial charge in [-0.2, -0.15) is 5.26 Å². The number of aromatic amines is 1. The SMILES string of the molecule is Cc1cc(C#N)ccc1-c1c[nH]n(-c2ccc(C(=O)N3CC4(COC4)C3)cn2)c1=O. The van der Waals surface area contributed by atoms with Gasteiger partial charge in [-0.25, -0.2) is 9.67 Å². The summed E-state index contributed by atoms with van der Waals surface area (Å²) in [5.41, 5.74) is 3.06. The predicted molar refractivity (Wildman–Crippen MR) is 108 cm³/mol. The largest absolute Gasteiger partial charge is 0.380 e. The molecule has 0 atom stereocenters. The van der Waals surface area contributed by atoms with Crippen LogP contribution in [0.4, 0.5) is 0 Å². The van der Waals surface area contributed by atoms with Gasteiger partial charge in [-0.1, -0.05) is 6.07 Å². The zero-order valence-corrected chi connectivity index (χ0v) is 16.4. The van der Waals surface area contributed by atoms with Crippen molar-refractivity contribution in [3.8, 4) is 23.0 Å². The van der Waals surface area contributed by atoms with Crippen LogP contribution in [0.15, 0.2) is 47.5 Å². The predicted octanol–water partition coefficient (Wildman–Crippen LogP) is 1.88. The molecular weight excluding hydrogens is 382 g/mol. The highest BCUT2D eigenvalue weighted by Gasteiger charge is 2.50. The molecule has 0 saturated carbocycles. The summed E-state index contributed by atoms with van der Waals surface area (Å²) in [6, 6.07) is 10.6. The highest BCUT2D eigenvalue weighted by atomic mass is 16.5. The molecule has 4 heterocycles. The Bertz CT molecular complexity index is 1240. The number of pyridine rings is 1. The molecule has 1 aromatic carbocycles. The molecule has 0 bridgehead atoms. The number of aryl methyl sites for hydroxylation is 1. The number of ether oxygens (including phenoxy) is 1. The Morgan fingerprint density at radius 3 is 2.63 bits per heavy atom. The fraction of sp³-hybridized carbons (Fsp3) is 0.273. The smallest absolute Gasteiger partial charge is 0.280 e. The number of likely N-dealkylation sites (tertiary alicyclic amines) is 1. The number of carbonyl (C=O) groups is 1. The van der Waals surface area contributed by atoms with Gasteiger partial charge < -0.3 is 9.64 Å². The number of hydrogen-bond donors (Lipinski definition) is 1. The molecule has 0 unspecified atom stereocenters. The average Bonchev–Trinajstić information content (AvgIpc) is 3.07. The fourth-order valence-corrected chi connectivity index (χ4v) is 4.08. The monoisotopic (exact) mass is 401 g/mol. The number of amides is 1. The summed E-state index contributed by atoms with van der Waals surface area (Å²) in [5, 5.41) is 12.0. The average molecular weight is 401 g/mol. The summed E-state index contributed by atoms with van der Waals surface area (Å²) in [7, 11) is 0. The lowest BCUT2D eigenvalue weighted by molar-refractivity contribution is -0.176. The van der Waals surface area contributed by atoms with Gasteiger partial charge in [0.1, 0.15) is 0 Å². The summed E-state index contributed by atoms with van der Waals surface area (Å²) >= 11 is 0. The van der Waals surface area contributed by atoms with Crippen molar-refractivity contribution in [1.82, 2.24) is 19.7 Å². The number of hydrogen-bond acceptors (Lipinski definition) is 5. The highest BCUT2D eigenvalue weighted by Crippen LogP contribution is 2.38. The van der Waals surface area contributed by atoms with E-state index in [-0.39, 0.29) is 16.9 Å². The lowest BCUT2D eigenvalue weighted by atomic mass is 9.78. The van der Waals surface area contributed by atoms with E-state index in [1.807, 2.05) is 6.92 Å². The quantitative estimate of drug-likeness (QED) is 0.722. The Labute approximate surface area is 172 Å². The van der Waals surface area contributed by atoms with Crippen LogP contribution in [0.5, 0.6) is 0 Å². The molecule has 0 radical (unpaired) electrons. The van der Waals surface area contributed by atoms with Gasteiger partial charge in [-0.05, 0) is 42.3 Å². The first-order valence-electron chi connectivity index (χ1n) is 9.65. The summed E-state index contributed by atoms with van der Waals surface area (Å²) in [4.78, 5) is 31.6. The van der Waals surface area contributed by atoms with E-state index in [1.54, 1.807) is 41.4 Å². The van der Waals surface area contributed by atoms with E-state index in [0.29, 0.717) is 22.5 Å². The van der Waals surface area contributed by atoms with E-state index in [4.69, 9.17) is 10.00 Å². The third-order valence-corrected chi connectivity index (χ3v) is 5.80. The second-order valence-corrected chi connectivity index (χ2v) is 8.03. The maximum Gasteiger partial charge on any atom is 0.280 e. The summed E-state index contributed by atoms with van der Waals surface area (Å²) < 4.78 is 6.58. The first-order chi connectivity index (χ1) is 14.5. The van der Waals surface area contributed by atoms with Gasteiger partial charge in [-0.3, -0.25) is 14.7 Å². The fourth-order valence-electron chi connectivity index (χ4n) is 4.08. The van der Waals surface area contributed by atoms with Crippen LogP contribution in [0.25, 0.3) is 16.9 Å². The standard InChI is InChI=1S/C22H19N5O3/c1-14-6-15(7-23)2-4-17(14)18-9-25-27(21(18)29)19-5-3-16(8-24-19)20(28)26-10-22(11-26)12-30-13-22/h2-6,8-9,25H,10-13H2,1H3. The molecule has 1 spiro atoms. The third-order valence-electron chi connectivity index (χ3n) is 5.80. The number of rotatable bonds is 3.